The third-order valence-electron chi connectivity index (χ3n) is 3.28. The van der Waals surface area contributed by atoms with Crippen LogP contribution in [0.3, 0.4) is 0 Å². The lowest BCUT2D eigenvalue weighted by molar-refractivity contribution is 0.0659. The summed E-state index contributed by atoms with van der Waals surface area (Å²) in [5.74, 6) is 0.573. The van der Waals surface area contributed by atoms with Crippen LogP contribution < -0.4 is 5.32 Å². The lowest BCUT2D eigenvalue weighted by Gasteiger charge is -2.00. The number of aromatic carboxylic acids is 1. The molecule has 1 fully saturated rings. The van der Waals surface area contributed by atoms with E-state index in [4.69, 9.17) is 9.52 Å². The van der Waals surface area contributed by atoms with Crippen LogP contribution in [0, 0.1) is 12.8 Å². The molecule has 1 saturated carbocycles. The maximum atomic E-state index is 10.8. The molecular weight excluding hydrogens is 218 g/mol. The maximum Gasteiger partial charge on any atom is 0.372 e. The normalized spacial score (nSPS) is 22.7. The van der Waals surface area contributed by atoms with Crippen LogP contribution in [0.25, 0.3) is 0 Å². The van der Waals surface area contributed by atoms with Crippen molar-refractivity contribution in [2.24, 2.45) is 5.92 Å². The highest BCUT2D eigenvalue weighted by atomic mass is 16.4. The van der Waals surface area contributed by atoms with Crippen molar-refractivity contribution in [1.29, 1.82) is 0 Å². The number of hydrogen-bond donors (Lipinski definition) is 2. The van der Waals surface area contributed by atoms with Crippen LogP contribution in [0.2, 0.25) is 0 Å². The molecule has 2 N–H and O–H groups in total. The summed E-state index contributed by atoms with van der Waals surface area (Å²) in [4.78, 5) is 10.8. The summed E-state index contributed by atoms with van der Waals surface area (Å²) >= 11 is 0. The summed E-state index contributed by atoms with van der Waals surface area (Å²) < 4.78 is 5.29. The fourth-order valence-corrected chi connectivity index (χ4v) is 2.27. The molecule has 1 heterocycles. The number of aryl methyl sites for hydroxylation is 1. The van der Waals surface area contributed by atoms with Gasteiger partial charge in [0.2, 0.25) is 5.76 Å². The van der Waals surface area contributed by atoms with Crippen LogP contribution in [0.1, 0.15) is 48.1 Å². The maximum absolute atomic E-state index is 10.8. The van der Waals surface area contributed by atoms with Gasteiger partial charge < -0.3 is 14.8 Å². The second-order valence-corrected chi connectivity index (χ2v) is 4.80. The van der Waals surface area contributed by atoms with Crippen molar-refractivity contribution in [3.63, 3.8) is 0 Å². The fourth-order valence-electron chi connectivity index (χ4n) is 2.27. The molecule has 94 valence electrons. The van der Waals surface area contributed by atoms with E-state index in [0.717, 1.165) is 5.92 Å². The molecule has 2 rings (SSSR count). The van der Waals surface area contributed by atoms with Crippen molar-refractivity contribution in [3.05, 3.63) is 23.2 Å². The minimum Gasteiger partial charge on any atom is -0.475 e. The molecule has 1 aliphatic carbocycles. The molecule has 1 aromatic rings. The lowest BCUT2D eigenvalue weighted by Crippen LogP contribution is -2.17. The smallest absolute Gasteiger partial charge is 0.372 e. The van der Waals surface area contributed by atoms with E-state index in [0.29, 0.717) is 23.9 Å². The average Bonchev–Trinajstić information content (AvgIpc) is 2.89. The number of carboxylic acid groups (broad SMARTS) is 1. The highest BCUT2D eigenvalue weighted by Crippen LogP contribution is 2.34. The topological polar surface area (TPSA) is 62.5 Å². The Morgan fingerprint density at radius 3 is 3.00 bits per heavy atom. The summed E-state index contributed by atoms with van der Waals surface area (Å²) in [6.07, 6.45) is 3.74. The van der Waals surface area contributed by atoms with Crippen molar-refractivity contribution in [2.75, 3.05) is 0 Å². The molecule has 4 nitrogen and oxygen atoms in total. The van der Waals surface area contributed by atoms with E-state index in [2.05, 4.69) is 12.2 Å². The summed E-state index contributed by atoms with van der Waals surface area (Å²) in [5.41, 5.74) is 0.690. The van der Waals surface area contributed by atoms with E-state index in [1.54, 1.807) is 13.0 Å². The Bertz CT molecular complexity index is 411. The van der Waals surface area contributed by atoms with Gasteiger partial charge in [0, 0.05) is 11.6 Å². The van der Waals surface area contributed by atoms with E-state index in [9.17, 15) is 4.79 Å². The highest BCUT2D eigenvalue weighted by Gasteiger charge is 2.35. The first-order chi connectivity index (χ1) is 8.11. The molecule has 0 radical (unpaired) electrons. The largest absolute Gasteiger partial charge is 0.475 e. The predicted octanol–water partition coefficient (Wildman–Crippen LogP) is 2.56. The third-order valence-corrected chi connectivity index (χ3v) is 3.28. The molecule has 0 amide bonds. The first-order valence-corrected chi connectivity index (χ1v) is 6.17. The van der Waals surface area contributed by atoms with Gasteiger partial charge in [-0.15, -0.1) is 0 Å². The van der Waals surface area contributed by atoms with Gasteiger partial charge in [-0.2, -0.15) is 0 Å². The fraction of sp³-hybridized carbons (Fsp3) is 0.615. The summed E-state index contributed by atoms with van der Waals surface area (Å²) in [5, 5.41) is 12.3. The number of hydrogen-bond acceptors (Lipinski definition) is 3. The molecule has 0 saturated heterocycles. The first-order valence-electron chi connectivity index (χ1n) is 6.17. The molecule has 2 atom stereocenters. The van der Waals surface area contributed by atoms with Crippen molar-refractivity contribution in [2.45, 2.75) is 45.7 Å². The van der Waals surface area contributed by atoms with Gasteiger partial charge in [-0.1, -0.05) is 13.3 Å². The van der Waals surface area contributed by atoms with Crippen LogP contribution in [-0.4, -0.2) is 17.1 Å². The zero-order chi connectivity index (χ0) is 12.4. The SMILES string of the molecule is CCCC1CC1NCc1cc(C)c(C(=O)O)o1. The Hall–Kier alpha value is -1.29. The molecule has 1 aliphatic rings. The van der Waals surface area contributed by atoms with Gasteiger partial charge in [0.25, 0.3) is 0 Å². The summed E-state index contributed by atoms with van der Waals surface area (Å²) in [6.45, 7) is 4.58. The zero-order valence-electron chi connectivity index (χ0n) is 10.3. The zero-order valence-corrected chi connectivity index (χ0v) is 10.3. The Balaban J connectivity index is 1.84. The molecule has 1 aromatic heterocycles. The molecular formula is C13H19NO3. The van der Waals surface area contributed by atoms with Crippen LogP contribution in [0.15, 0.2) is 10.5 Å². The quantitative estimate of drug-likeness (QED) is 0.798. The second kappa shape index (κ2) is 4.92. The monoisotopic (exact) mass is 237 g/mol. The van der Waals surface area contributed by atoms with Gasteiger partial charge in [-0.05, 0) is 31.7 Å². The first kappa shape index (κ1) is 12.2. The second-order valence-electron chi connectivity index (χ2n) is 4.80. The molecule has 0 spiro atoms. The molecule has 0 aromatic carbocycles. The van der Waals surface area contributed by atoms with Crippen LogP contribution in [-0.2, 0) is 6.54 Å². The molecule has 0 bridgehead atoms. The number of furan rings is 1. The van der Waals surface area contributed by atoms with Crippen molar-refractivity contribution in [1.82, 2.24) is 5.32 Å². The van der Waals surface area contributed by atoms with Gasteiger partial charge in [-0.25, -0.2) is 4.79 Å². The van der Waals surface area contributed by atoms with E-state index in [1.807, 2.05) is 0 Å². The molecule has 17 heavy (non-hydrogen) atoms. The van der Waals surface area contributed by atoms with Crippen molar-refractivity contribution in [3.8, 4) is 0 Å². The average molecular weight is 237 g/mol. The highest BCUT2D eigenvalue weighted by molar-refractivity contribution is 5.86. The molecule has 0 aliphatic heterocycles. The van der Waals surface area contributed by atoms with Crippen molar-refractivity contribution >= 4 is 5.97 Å². The number of carbonyl (C=O) groups is 1. The third kappa shape index (κ3) is 2.88. The summed E-state index contributed by atoms with van der Waals surface area (Å²) in [7, 11) is 0. The Morgan fingerprint density at radius 1 is 1.65 bits per heavy atom. The minimum absolute atomic E-state index is 0.0581. The van der Waals surface area contributed by atoms with Gasteiger partial charge in [0.15, 0.2) is 0 Å². The molecule has 4 heteroatoms. The number of nitrogens with one attached hydrogen (secondary N) is 1. The van der Waals surface area contributed by atoms with Crippen LogP contribution >= 0.6 is 0 Å². The Labute approximate surface area is 101 Å². The van der Waals surface area contributed by atoms with Gasteiger partial charge in [0.05, 0.1) is 6.54 Å². The van der Waals surface area contributed by atoms with Gasteiger partial charge >= 0.3 is 5.97 Å². The van der Waals surface area contributed by atoms with Crippen LogP contribution in [0.4, 0.5) is 0 Å². The van der Waals surface area contributed by atoms with E-state index in [-0.39, 0.29) is 5.76 Å². The Morgan fingerprint density at radius 2 is 2.41 bits per heavy atom. The minimum atomic E-state index is -0.996. The number of carboxylic acids is 1. The lowest BCUT2D eigenvalue weighted by atomic mass is 10.2. The standard InChI is InChI=1S/C13H19NO3/c1-3-4-9-6-11(9)14-7-10-5-8(2)12(17-10)13(15)16/h5,9,11,14H,3-4,6-7H2,1-2H3,(H,15,16). The Kier molecular flexibility index (Phi) is 3.52. The van der Waals surface area contributed by atoms with E-state index < -0.39 is 5.97 Å². The van der Waals surface area contributed by atoms with Gasteiger partial charge in [-0.3, -0.25) is 0 Å². The van der Waals surface area contributed by atoms with E-state index >= 15 is 0 Å². The van der Waals surface area contributed by atoms with Crippen LogP contribution in [0.5, 0.6) is 0 Å². The number of rotatable bonds is 6. The van der Waals surface area contributed by atoms with Crippen molar-refractivity contribution < 1.29 is 14.3 Å². The van der Waals surface area contributed by atoms with Gasteiger partial charge in [0.1, 0.15) is 5.76 Å². The predicted molar refractivity (Wildman–Crippen MR) is 64.0 cm³/mol. The summed E-state index contributed by atoms with van der Waals surface area (Å²) in [6, 6.07) is 2.39. The molecule has 2 unspecified atom stereocenters. The van der Waals surface area contributed by atoms with E-state index in [1.165, 1.54) is 19.3 Å².